The summed E-state index contributed by atoms with van der Waals surface area (Å²) in [4.78, 5) is 29.7. The maximum absolute atomic E-state index is 14.1. The molecule has 0 bridgehead atoms. The maximum atomic E-state index is 14.1. The van der Waals surface area contributed by atoms with Crippen LogP contribution in [0.4, 0.5) is 15.9 Å². The van der Waals surface area contributed by atoms with Crippen molar-refractivity contribution >= 4 is 17.5 Å². The quantitative estimate of drug-likeness (QED) is 0.448. The van der Waals surface area contributed by atoms with E-state index in [-0.39, 0.29) is 23.1 Å². The molecule has 1 aromatic heterocycles. The van der Waals surface area contributed by atoms with Gasteiger partial charge in [0.25, 0.3) is 5.56 Å². The van der Waals surface area contributed by atoms with E-state index in [0.29, 0.717) is 29.0 Å². The zero-order chi connectivity index (χ0) is 22.7. The molecule has 3 aromatic rings. The van der Waals surface area contributed by atoms with Crippen LogP contribution in [-0.2, 0) is 4.79 Å². The fourth-order valence-electron chi connectivity index (χ4n) is 2.81. The van der Waals surface area contributed by atoms with Crippen LogP contribution < -0.4 is 26.5 Å². The van der Waals surface area contributed by atoms with Gasteiger partial charge in [-0.3, -0.25) is 4.79 Å². The lowest BCUT2D eigenvalue weighted by Crippen LogP contribution is -2.23. The average molecular weight is 428 g/mol. The number of H-pyrrole nitrogens is 1. The number of aromatic amines is 1. The Balaban J connectivity index is 2.05. The Hall–Kier alpha value is -4.08. The zero-order valence-electron chi connectivity index (χ0n) is 16.8. The minimum atomic E-state index is -1.22. The summed E-state index contributed by atoms with van der Waals surface area (Å²) in [6.45, 7) is 3.43. The number of carboxylic acid groups (broad SMARTS) is 1. The van der Waals surface area contributed by atoms with Gasteiger partial charge in [-0.05, 0) is 49.2 Å². The molecule has 1 heterocycles. The van der Waals surface area contributed by atoms with Crippen LogP contribution in [0.5, 0.6) is 11.5 Å². The number of carbonyl (C=O) groups is 1. The number of benzene rings is 2. The normalized spacial score (nSPS) is 11.7. The molecule has 0 saturated carbocycles. The van der Waals surface area contributed by atoms with Crippen molar-refractivity contribution in [3.63, 3.8) is 0 Å². The van der Waals surface area contributed by atoms with E-state index in [0.717, 1.165) is 0 Å². The fraction of sp³-hybridized carbons (Fsp3) is 0.190. The zero-order valence-corrected chi connectivity index (χ0v) is 16.8. The van der Waals surface area contributed by atoms with E-state index in [4.69, 9.17) is 26.0 Å². The van der Waals surface area contributed by atoms with Gasteiger partial charge in [0.1, 0.15) is 17.3 Å². The highest BCUT2D eigenvalue weighted by molar-refractivity contribution is 5.75. The summed E-state index contributed by atoms with van der Waals surface area (Å²) in [5.41, 5.74) is 12.2. The molecular formula is C21H21FN4O5. The van der Waals surface area contributed by atoms with Gasteiger partial charge in [-0.15, -0.1) is 0 Å². The van der Waals surface area contributed by atoms with Crippen LogP contribution >= 0.6 is 0 Å². The molecule has 31 heavy (non-hydrogen) atoms. The summed E-state index contributed by atoms with van der Waals surface area (Å²) in [5, 5.41) is 9.00. The smallest absolute Gasteiger partial charge is 0.344 e. The second-order valence-corrected chi connectivity index (χ2v) is 6.60. The van der Waals surface area contributed by atoms with Crippen molar-refractivity contribution in [1.82, 2.24) is 9.97 Å². The number of nitrogens with one attached hydrogen (secondary N) is 1. The molecule has 0 radical (unpaired) electrons. The van der Waals surface area contributed by atoms with Crippen molar-refractivity contribution in [1.29, 1.82) is 0 Å². The molecule has 1 atom stereocenters. The minimum Gasteiger partial charge on any atom is -0.493 e. The number of nitrogen functional groups attached to an aromatic ring is 2. The molecule has 0 fully saturated rings. The summed E-state index contributed by atoms with van der Waals surface area (Å²) in [7, 11) is 0. The van der Waals surface area contributed by atoms with Gasteiger partial charge in [0.15, 0.2) is 23.5 Å². The Bertz CT molecular complexity index is 1190. The number of hydrogen-bond acceptors (Lipinski definition) is 7. The van der Waals surface area contributed by atoms with E-state index >= 15 is 0 Å². The first-order chi connectivity index (χ1) is 14.7. The van der Waals surface area contributed by atoms with Gasteiger partial charge in [0.2, 0.25) is 0 Å². The van der Waals surface area contributed by atoms with Crippen LogP contribution in [0, 0.1) is 5.82 Å². The summed E-state index contributed by atoms with van der Waals surface area (Å²) >= 11 is 0. The van der Waals surface area contributed by atoms with Crippen LogP contribution in [-0.4, -0.2) is 33.8 Å². The maximum Gasteiger partial charge on any atom is 0.344 e. The number of anilines is 2. The molecule has 0 saturated heterocycles. The molecule has 0 aliphatic rings. The molecule has 0 amide bonds. The molecule has 9 nitrogen and oxygen atoms in total. The summed E-state index contributed by atoms with van der Waals surface area (Å²) in [5.74, 6) is -1.59. The number of halogens is 1. The van der Waals surface area contributed by atoms with Crippen molar-refractivity contribution in [2.75, 3.05) is 18.1 Å². The fourth-order valence-corrected chi connectivity index (χ4v) is 2.81. The number of aliphatic carboxylic acids is 1. The van der Waals surface area contributed by atoms with Gasteiger partial charge in [0, 0.05) is 0 Å². The number of carboxylic acids is 1. The van der Waals surface area contributed by atoms with Gasteiger partial charge in [0.05, 0.1) is 12.2 Å². The molecule has 2 aromatic carbocycles. The van der Waals surface area contributed by atoms with Crippen molar-refractivity contribution in [3.8, 4) is 34.0 Å². The summed E-state index contributed by atoms with van der Waals surface area (Å²) in [6.07, 6.45) is -1.22. The summed E-state index contributed by atoms with van der Waals surface area (Å²) < 4.78 is 25.0. The predicted molar refractivity (Wildman–Crippen MR) is 113 cm³/mol. The molecule has 0 spiro atoms. The second-order valence-electron chi connectivity index (χ2n) is 6.60. The monoisotopic (exact) mass is 428 g/mol. The second kappa shape index (κ2) is 8.74. The molecule has 0 aliphatic heterocycles. The Morgan fingerprint density at radius 2 is 1.84 bits per heavy atom. The number of ether oxygens (including phenoxy) is 2. The first-order valence-corrected chi connectivity index (χ1v) is 9.33. The third-order valence-electron chi connectivity index (χ3n) is 4.44. The number of aromatic nitrogens is 2. The van der Waals surface area contributed by atoms with Gasteiger partial charge >= 0.3 is 5.97 Å². The van der Waals surface area contributed by atoms with Gasteiger partial charge in [-0.2, -0.15) is 0 Å². The molecule has 0 aliphatic carbocycles. The minimum absolute atomic E-state index is 0.0989. The van der Waals surface area contributed by atoms with E-state index in [1.165, 1.54) is 25.1 Å². The average Bonchev–Trinajstić information content (AvgIpc) is 2.73. The highest BCUT2D eigenvalue weighted by Gasteiger charge is 2.17. The largest absolute Gasteiger partial charge is 0.493 e. The van der Waals surface area contributed by atoms with E-state index in [1.807, 2.05) is 0 Å². The molecular weight excluding hydrogens is 407 g/mol. The number of nitrogens with two attached hydrogens (primary N) is 2. The first kappa shape index (κ1) is 21.6. The van der Waals surface area contributed by atoms with E-state index in [2.05, 4.69) is 9.97 Å². The van der Waals surface area contributed by atoms with Crippen LogP contribution in [0.3, 0.4) is 0 Å². The lowest BCUT2D eigenvalue weighted by Gasteiger charge is -2.15. The van der Waals surface area contributed by atoms with E-state index in [1.54, 1.807) is 25.1 Å². The molecule has 6 N–H and O–H groups in total. The molecule has 162 valence electrons. The Morgan fingerprint density at radius 1 is 1.19 bits per heavy atom. The van der Waals surface area contributed by atoms with Crippen LogP contribution in [0.1, 0.15) is 13.8 Å². The lowest BCUT2D eigenvalue weighted by molar-refractivity contribution is -0.144. The van der Waals surface area contributed by atoms with E-state index < -0.39 is 23.4 Å². The Kier molecular flexibility index (Phi) is 6.10. The van der Waals surface area contributed by atoms with Crippen molar-refractivity contribution in [2.24, 2.45) is 0 Å². The van der Waals surface area contributed by atoms with E-state index in [9.17, 15) is 14.0 Å². The Labute approximate surface area is 176 Å². The van der Waals surface area contributed by atoms with Crippen molar-refractivity contribution in [2.45, 2.75) is 20.0 Å². The van der Waals surface area contributed by atoms with Crippen molar-refractivity contribution in [3.05, 3.63) is 52.6 Å². The molecule has 10 heteroatoms. The first-order valence-electron chi connectivity index (χ1n) is 9.33. The van der Waals surface area contributed by atoms with Crippen LogP contribution in [0.2, 0.25) is 0 Å². The lowest BCUT2D eigenvalue weighted by atomic mass is 10.0. The highest BCUT2D eigenvalue weighted by atomic mass is 19.1. The van der Waals surface area contributed by atoms with Gasteiger partial charge < -0.3 is 31.0 Å². The third-order valence-corrected chi connectivity index (χ3v) is 4.44. The van der Waals surface area contributed by atoms with Crippen LogP contribution in [0.15, 0.2) is 41.2 Å². The summed E-state index contributed by atoms with van der Waals surface area (Å²) in [6, 6.07) is 9.18. The Morgan fingerprint density at radius 3 is 2.45 bits per heavy atom. The van der Waals surface area contributed by atoms with Gasteiger partial charge in [-0.25, -0.2) is 14.2 Å². The topological polar surface area (TPSA) is 154 Å². The number of nitrogens with zero attached hydrogens (tertiary/aromatic N) is 1. The van der Waals surface area contributed by atoms with Gasteiger partial charge in [-0.1, -0.05) is 12.1 Å². The van der Waals surface area contributed by atoms with Crippen molar-refractivity contribution < 1.29 is 23.8 Å². The number of hydrogen-bond donors (Lipinski definition) is 4. The SMILES string of the molecule is CCOc1cc(-c2ccc(F)c(OC(C)C(=O)O)c2)ccc1-c1nc(N)c(N)c(=O)[nH]1. The highest BCUT2D eigenvalue weighted by Crippen LogP contribution is 2.35. The van der Waals surface area contributed by atoms with Crippen LogP contribution in [0.25, 0.3) is 22.5 Å². The molecule has 3 rings (SSSR count). The molecule has 1 unspecified atom stereocenters. The third kappa shape index (κ3) is 4.58. The predicted octanol–water partition coefficient (Wildman–Crippen LogP) is 2.66. The number of rotatable bonds is 7. The standard InChI is InChI=1S/C21H21FN4O5/c1-3-30-15-8-11(4-6-13(15)19-25-18(24)17(23)20(27)26-19)12-5-7-14(22)16(9-12)31-10(2)21(28)29/h4-10H,3,23H2,1-2H3,(H,28,29)(H3,24,25,26,27).